The maximum absolute atomic E-state index is 5.24. The van der Waals surface area contributed by atoms with Gasteiger partial charge in [0.1, 0.15) is 0 Å². The van der Waals surface area contributed by atoms with Gasteiger partial charge < -0.3 is 0 Å². The summed E-state index contributed by atoms with van der Waals surface area (Å²) < 4.78 is 6.05. The minimum Gasteiger partial charge on any atom is -0.242 e. The highest BCUT2D eigenvalue weighted by atomic mass is 32.2. The number of hydrogen-bond donors (Lipinski definition) is 1. The van der Waals surface area contributed by atoms with Gasteiger partial charge in [0.15, 0.2) is 0 Å². The highest BCUT2D eigenvalue weighted by molar-refractivity contribution is 8.32. The Morgan fingerprint density at radius 2 is 2.10 bits per heavy atom. The molecule has 60 valence electrons. The minimum absolute atomic E-state index is 0.787. The molecule has 0 bridgehead atoms. The van der Waals surface area contributed by atoms with Gasteiger partial charge in [0.2, 0.25) is 0 Å². The van der Waals surface area contributed by atoms with Crippen LogP contribution in [-0.4, -0.2) is 16.8 Å². The smallest absolute Gasteiger partial charge is 0.242 e. The van der Waals surface area contributed by atoms with Crippen LogP contribution in [0.4, 0.5) is 4.42 Å². The van der Waals surface area contributed by atoms with Crippen molar-refractivity contribution < 1.29 is 4.42 Å². The van der Waals surface area contributed by atoms with Crippen LogP contribution in [0.25, 0.3) is 0 Å². The molecule has 0 rings (SSSR count). The van der Waals surface area contributed by atoms with E-state index in [4.69, 9.17) is 4.42 Å². The van der Waals surface area contributed by atoms with E-state index < -0.39 is 0 Å². The number of hydrogen-bond acceptors (Lipinski definition) is 1. The van der Waals surface area contributed by atoms with Gasteiger partial charge in [0.25, 0.3) is 6.61 Å². The lowest BCUT2D eigenvalue weighted by Crippen LogP contribution is -1.82. The lowest BCUT2D eigenvalue weighted by atomic mass is 10.5. The Morgan fingerprint density at radius 1 is 1.40 bits per heavy atom. The summed E-state index contributed by atoms with van der Waals surface area (Å²) in [5, 5.41) is 0. The third-order valence-corrected chi connectivity index (χ3v) is 2.35. The number of thiol groups is 1. The average Bonchev–Trinajstić information content (AvgIpc) is 1.97. The van der Waals surface area contributed by atoms with Gasteiger partial charge in [0, 0.05) is 12.2 Å². The quantitative estimate of drug-likeness (QED) is 0.516. The first-order chi connectivity index (χ1) is 4.81. The summed E-state index contributed by atoms with van der Waals surface area (Å²) in [7, 11) is 0. The SMILES string of the molecule is CCC[O+]=C(S)SCCC. The Labute approximate surface area is 72.7 Å². The standard InChI is InChI=1S/C7H14OS2/c1-3-5-8-7(9)10-6-4-2/h3-6H2,1-2H3/p+1. The lowest BCUT2D eigenvalue weighted by Gasteiger charge is -1.85. The van der Waals surface area contributed by atoms with Crippen LogP contribution >= 0.6 is 24.4 Å². The topological polar surface area (TPSA) is 11.3 Å². The molecule has 0 aromatic rings. The van der Waals surface area contributed by atoms with Crippen molar-refractivity contribution in [3.05, 3.63) is 0 Å². The van der Waals surface area contributed by atoms with Crippen molar-refractivity contribution in [3.8, 4) is 0 Å². The lowest BCUT2D eigenvalue weighted by molar-refractivity contribution is -0.124. The summed E-state index contributed by atoms with van der Waals surface area (Å²) in [6, 6.07) is 0. The second-order valence-corrected chi connectivity index (χ2v) is 3.74. The van der Waals surface area contributed by atoms with Crippen LogP contribution in [-0.2, 0) is 0 Å². The van der Waals surface area contributed by atoms with Crippen molar-refractivity contribution in [2.75, 3.05) is 12.4 Å². The predicted octanol–water partition coefficient (Wildman–Crippen LogP) is 3.13. The Kier molecular flexibility index (Phi) is 7.75. The van der Waals surface area contributed by atoms with Gasteiger partial charge in [-0.25, -0.2) is 4.42 Å². The van der Waals surface area contributed by atoms with Crippen LogP contribution in [0.15, 0.2) is 0 Å². The van der Waals surface area contributed by atoms with Crippen molar-refractivity contribution in [3.63, 3.8) is 0 Å². The molecule has 3 heteroatoms. The zero-order valence-corrected chi connectivity index (χ0v) is 8.30. The van der Waals surface area contributed by atoms with Gasteiger partial charge in [-0.3, -0.25) is 0 Å². The van der Waals surface area contributed by atoms with E-state index in [0.717, 1.165) is 23.2 Å². The number of carbonyl (C=O) groups excluding carboxylic acids is 1. The first-order valence-electron chi connectivity index (χ1n) is 3.62. The monoisotopic (exact) mass is 179 g/mol. The van der Waals surface area contributed by atoms with E-state index in [1.807, 2.05) is 0 Å². The van der Waals surface area contributed by atoms with E-state index in [1.165, 1.54) is 6.42 Å². The second kappa shape index (κ2) is 7.48. The Bertz CT molecular complexity index is 102. The first kappa shape index (κ1) is 10.4. The highest BCUT2D eigenvalue weighted by Crippen LogP contribution is 2.11. The van der Waals surface area contributed by atoms with Crippen LogP contribution in [0.1, 0.15) is 26.7 Å². The van der Waals surface area contributed by atoms with Crippen LogP contribution in [0, 0.1) is 0 Å². The molecule has 0 heterocycles. The van der Waals surface area contributed by atoms with Gasteiger partial charge in [-0.15, -0.1) is 0 Å². The largest absolute Gasteiger partial charge is 0.411 e. The Balaban J connectivity index is 3.30. The zero-order valence-electron chi connectivity index (χ0n) is 6.59. The summed E-state index contributed by atoms with van der Waals surface area (Å²) in [4.78, 5) is 0. The first-order valence-corrected chi connectivity index (χ1v) is 5.06. The van der Waals surface area contributed by atoms with Gasteiger partial charge in [0.05, 0.1) is 0 Å². The second-order valence-electron chi connectivity index (χ2n) is 1.96. The minimum atomic E-state index is 0.787. The fourth-order valence-electron chi connectivity index (χ4n) is 0.420. The third kappa shape index (κ3) is 6.49. The average molecular weight is 179 g/mol. The molecule has 0 aliphatic carbocycles. The molecule has 0 spiro atoms. The number of thioether (sulfide) groups is 1. The van der Waals surface area contributed by atoms with Gasteiger partial charge >= 0.3 is 4.45 Å². The Morgan fingerprint density at radius 3 is 2.60 bits per heavy atom. The molecule has 0 atom stereocenters. The van der Waals surface area contributed by atoms with Crippen molar-refractivity contribution in [1.82, 2.24) is 0 Å². The summed E-state index contributed by atoms with van der Waals surface area (Å²) in [6.45, 7) is 5.02. The van der Waals surface area contributed by atoms with Crippen LogP contribution in [0.3, 0.4) is 0 Å². The maximum Gasteiger partial charge on any atom is 0.411 e. The van der Waals surface area contributed by atoms with Gasteiger partial charge in [-0.1, -0.05) is 13.8 Å². The van der Waals surface area contributed by atoms with E-state index in [2.05, 4.69) is 26.5 Å². The number of rotatable bonds is 4. The predicted molar refractivity (Wildman–Crippen MR) is 52.3 cm³/mol. The molecular formula is C7H15OS2+. The Hall–Kier alpha value is 0.370. The molecule has 0 radical (unpaired) electrons. The van der Waals surface area contributed by atoms with E-state index in [9.17, 15) is 0 Å². The summed E-state index contributed by atoms with van der Waals surface area (Å²) in [5.74, 6) is 1.10. The molecule has 0 amide bonds. The maximum atomic E-state index is 5.24. The van der Waals surface area contributed by atoms with Gasteiger partial charge in [-0.2, -0.15) is 0 Å². The third-order valence-electron chi connectivity index (χ3n) is 0.859. The van der Waals surface area contributed by atoms with Crippen molar-refractivity contribution >= 4 is 28.8 Å². The van der Waals surface area contributed by atoms with Crippen LogP contribution in [0.2, 0.25) is 0 Å². The molecule has 0 fully saturated rings. The summed E-state index contributed by atoms with van der Waals surface area (Å²) in [6.07, 6.45) is 2.22. The molecule has 0 N–H and O–H groups in total. The molecule has 1 nitrogen and oxygen atoms in total. The zero-order chi connectivity index (χ0) is 7.82. The molecule has 0 aromatic carbocycles. The van der Waals surface area contributed by atoms with Gasteiger partial charge in [-0.05, 0) is 30.8 Å². The van der Waals surface area contributed by atoms with E-state index >= 15 is 0 Å². The summed E-state index contributed by atoms with van der Waals surface area (Å²) >= 11 is 5.83. The molecule has 0 aliphatic rings. The highest BCUT2D eigenvalue weighted by Gasteiger charge is 2.03. The fraction of sp³-hybridized carbons (Fsp3) is 0.857. The van der Waals surface area contributed by atoms with E-state index in [0.29, 0.717) is 0 Å². The molecule has 0 saturated heterocycles. The van der Waals surface area contributed by atoms with Crippen LogP contribution in [0.5, 0.6) is 0 Å². The summed E-state index contributed by atoms with van der Waals surface area (Å²) in [5.41, 5.74) is 0. The van der Waals surface area contributed by atoms with Crippen molar-refractivity contribution in [1.29, 1.82) is 0 Å². The molecule has 10 heavy (non-hydrogen) atoms. The van der Waals surface area contributed by atoms with Crippen molar-refractivity contribution in [2.45, 2.75) is 26.7 Å². The van der Waals surface area contributed by atoms with E-state index in [1.54, 1.807) is 11.8 Å². The molecule has 0 saturated carbocycles. The molecule has 0 aromatic heterocycles. The van der Waals surface area contributed by atoms with Crippen molar-refractivity contribution in [2.24, 2.45) is 0 Å². The fourth-order valence-corrected chi connectivity index (χ4v) is 1.33. The molecule has 0 aliphatic heterocycles. The molecular weight excluding hydrogens is 164 g/mol. The molecule has 0 unspecified atom stereocenters. The normalized spacial score (nSPS) is 12.1. The van der Waals surface area contributed by atoms with E-state index in [-0.39, 0.29) is 0 Å². The van der Waals surface area contributed by atoms with Crippen LogP contribution < -0.4 is 0 Å².